The van der Waals surface area contributed by atoms with Crippen molar-refractivity contribution in [2.24, 2.45) is 0 Å². The molecule has 3 heterocycles. The molecule has 2 aliphatic rings. The number of H-pyrrole nitrogens is 1. The maximum atomic E-state index is 13.3. The van der Waals surface area contributed by atoms with Crippen molar-refractivity contribution in [1.82, 2.24) is 9.88 Å². The van der Waals surface area contributed by atoms with Gasteiger partial charge in [0.25, 0.3) is 0 Å². The van der Waals surface area contributed by atoms with Gasteiger partial charge in [-0.1, -0.05) is 29.3 Å². The van der Waals surface area contributed by atoms with Gasteiger partial charge in [0.1, 0.15) is 11.8 Å². The van der Waals surface area contributed by atoms with E-state index in [0.717, 1.165) is 27.7 Å². The summed E-state index contributed by atoms with van der Waals surface area (Å²) in [6, 6.07) is 17.9. The Hall–Kier alpha value is -3.35. The normalized spacial score (nSPS) is 16.7. The minimum Gasteiger partial charge on any atom is -0.454 e. The van der Waals surface area contributed by atoms with Crippen molar-refractivity contribution in [1.29, 1.82) is 0 Å². The lowest BCUT2D eigenvalue weighted by Crippen LogP contribution is -2.42. The number of rotatable bonds is 2. The van der Waals surface area contributed by atoms with Crippen LogP contribution in [0.1, 0.15) is 22.9 Å². The molecule has 2 aliphatic heterocycles. The Kier molecular flexibility index (Phi) is 4.85. The second kappa shape index (κ2) is 7.90. The predicted octanol–water partition coefficient (Wildman–Crippen LogP) is 6.35. The summed E-state index contributed by atoms with van der Waals surface area (Å²) in [5.74, 6) is 1.78. The van der Waals surface area contributed by atoms with Gasteiger partial charge in [0, 0.05) is 33.2 Å². The fourth-order valence-electron chi connectivity index (χ4n) is 4.55. The molecule has 0 fully saturated rings. The minimum absolute atomic E-state index is 0.182. The number of aromatic amines is 1. The van der Waals surface area contributed by atoms with E-state index in [1.54, 1.807) is 29.2 Å². The summed E-state index contributed by atoms with van der Waals surface area (Å²) in [4.78, 5) is 18.6. The van der Waals surface area contributed by atoms with E-state index in [1.807, 2.05) is 36.4 Å². The van der Waals surface area contributed by atoms with E-state index in [2.05, 4.69) is 4.98 Å². The third-order valence-electron chi connectivity index (χ3n) is 6.05. The van der Waals surface area contributed by atoms with Crippen molar-refractivity contribution in [2.45, 2.75) is 12.5 Å². The highest BCUT2D eigenvalue weighted by Gasteiger charge is 2.36. The summed E-state index contributed by atoms with van der Waals surface area (Å²) in [6.07, 6.45) is 0.231. The number of hydrogen-bond donors (Lipinski definition) is 1. The van der Waals surface area contributed by atoms with E-state index < -0.39 is 12.1 Å². The number of nitrogens with zero attached hydrogens (tertiary/aromatic N) is 1. The van der Waals surface area contributed by atoms with Crippen molar-refractivity contribution in [3.8, 4) is 17.2 Å². The fraction of sp³-hybridized carbons (Fsp3) is 0.160. The van der Waals surface area contributed by atoms with Crippen LogP contribution in [0, 0.1) is 0 Å². The molecule has 8 heteroatoms. The lowest BCUT2D eigenvalue weighted by Gasteiger charge is -2.35. The van der Waals surface area contributed by atoms with Gasteiger partial charge in [-0.05, 0) is 72.1 Å². The summed E-state index contributed by atoms with van der Waals surface area (Å²) in [7, 11) is 0. The molecule has 1 aromatic heterocycles. The van der Waals surface area contributed by atoms with Crippen LogP contribution in [0.5, 0.6) is 17.2 Å². The molecule has 0 saturated carbocycles. The predicted molar refractivity (Wildman–Crippen MR) is 126 cm³/mol. The Morgan fingerprint density at radius 1 is 0.970 bits per heavy atom. The van der Waals surface area contributed by atoms with Crippen LogP contribution in [0.25, 0.3) is 10.9 Å². The van der Waals surface area contributed by atoms with Gasteiger partial charge < -0.3 is 19.2 Å². The number of nitrogens with one attached hydrogen (secondary N) is 1. The largest absolute Gasteiger partial charge is 0.454 e. The van der Waals surface area contributed by atoms with Gasteiger partial charge in [0.15, 0.2) is 11.5 Å². The summed E-state index contributed by atoms with van der Waals surface area (Å²) >= 11 is 12.2. The molecule has 3 aromatic carbocycles. The topological polar surface area (TPSA) is 63.8 Å². The van der Waals surface area contributed by atoms with Gasteiger partial charge >= 0.3 is 6.09 Å². The number of halogens is 2. The number of amides is 1. The Morgan fingerprint density at radius 2 is 1.76 bits per heavy atom. The first-order chi connectivity index (χ1) is 16.1. The lowest BCUT2D eigenvalue weighted by atomic mass is 9.92. The summed E-state index contributed by atoms with van der Waals surface area (Å²) in [5, 5.41) is 2.31. The van der Waals surface area contributed by atoms with E-state index >= 15 is 0 Å². The summed E-state index contributed by atoms with van der Waals surface area (Å²) in [5.41, 5.74) is 3.95. The number of ether oxygens (including phenoxy) is 3. The molecule has 0 bridgehead atoms. The van der Waals surface area contributed by atoms with Crippen LogP contribution in [0.4, 0.5) is 4.79 Å². The van der Waals surface area contributed by atoms with Crippen molar-refractivity contribution in [2.75, 3.05) is 13.3 Å². The minimum atomic E-state index is -0.442. The van der Waals surface area contributed by atoms with E-state index in [9.17, 15) is 4.79 Å². The molecule has 0 saturated heterocycles. The number of carbonyl (C=O) groups is 1. The van der Waals surface area contributed by atoms with Gasteiger partial charge in [0.05, 0.1) is 0 Å². The van der Waals surface area contributed by atoms with E-state index in [1.165, 1.54) is 0 Å². The van der Waals surface area contributed by atoms with Crippen LogP contribution in [0.2, 0.25) is 10.0 Å². The van der Waals surface area contributed by atoms with Crippen molar-refractivity contribution < 1.29 is 19.0 Å². The maximum Gasteiger partial charge on any atom is 0.416 e. The quantitative estimate of drug-likeness (QED) is 0.363. The number of benzene rings is 3. The molecule has 1 unspecified atom stereocenters. The second-order valence-corrected chi connectivity index (χ2v) is 8.86. The Morgan fingerprint density at radius 3 is 2.61 bits per heavy atom. The van der Waals surface area contributed by atoms with Gasteiger partial charge in [-0.2, -0.15) is 0 Å². The van der Waals surface area contributed by atoms with Gasteiger partial charge in [0.2, 0.25) is 6.79 Å². The molecule has 1 atom stereocenters. The van der Waals surface area contributed by atoms with Crippen LogP contribution < -0.4 is 14.2 Å². The standard InChI is InChI=1S/C25H18Cl2N2O4/c26-15-2-5-17(6-3-15)33-25(30)29-10-9-18-19-12-16(27)4-7-20(19)28-23(18)24(29)14-1-8-21-22(11-14)32-13-31-21/h1-8,11-12,24,28H,9-10,13H2. The maximum absolute atomic E-state index is 13.3. The van der Waals surface area contributed by atoms with E-state index in [-0.39, 0.29) is 6.79 Å². The Bertz CT molecular complexity index is 1380. The molecule has 1 N–H and O–H groups in total. The molecule has 166 valence electrons. The molecular weight excluding hydrogens is 463 g/mol. The SMILES string of the molecule is O=C(Oc1ccc(Cl)cc1)N1CCc2c([nH]c3ccc(Cl)cc23)C1c1ccc2c(c1)OCO2. The van der Waals surface area contributed by atoms with Crippen LogP contribution in [-0.2, 0) is 6.42 Å². The third kappa shape index (κ3) is 3.56. The zero-order valence-corrected chi connectivity index (χ0v) is 18.8. The van der Waals surface area contributed by atoms with Crippen LogP contribution in [0.15, 0.2) is 60.7 Å². The van der Waals surface area contributed by atoms with Gasteiger partial charge in [-0.25, -0.2) is 4.79 Å². The monoisotopic (exact) mass is 480 g/mol. The Balaban J connectivity index is 1.44. The molecule has 33 heavy (non-hydrogen) atoms. The molecule has 1 amide bonds. The molecule has 6 rings (SSSR count). The highest BCUT2D eigenvalue weighted by molar-refractivity contribution is 6.31. The smallest absolute Gasteiger partial charge is 0.416 e. The number of carbonyl (C=O) groups excluding carboxylic acids is 1. The first-order valence-corrected chi connectivity index (χ1v) is 11.3. The zero-order chi connectivity index (χ0) is 22.5. The zero-order valence-electron chi connectivity index (χ0n) is 17.3. The summed E-state index contributed by atoms with van der Waals surface area (Å²) < 4.78 is 16.8. The van der Waals surface area contributed by atoms with Crippen LogP contribution >= 0.6 is 23.2 Å². The van der Waals surface area contributed by atoms with E-state index in [4.69, 9.17) is 37.4 Å². The Labute approximate surface area is 199 Å². The highest BCUT2D eigenvalue weighted by atomic mass is 35.5. The van der Waals surface area contributed by atoms with Crippen LogP contribution in [-0.4, -0.2) is 29.3 Å². The van der Waals surface area contributed by atoms with Crippen molar-refractivity contribution in [3.63, 3.8) is 0 Å². The highest BCUT2D eigenvalue weighted by Crippen LogP contribution is 2.42. The van der Waals surface area contributed by atoms with E-state index in [0.29, 0.717) is 40.3 Å². The molecule has 0 spiro atoms. The first kappa shape index (κ1) is 20.3. The fourth-order valence-corrected chi connectivity index (χ4v) is 4.85. The molecule has 0 aliphatic carbocycles. The first-order valence-electron chi connectivity index (χ1n) is 10.5. The lowest BCUT2D eigenvalue weighted by molar-refractivity contribution is 0.135. The van der Waals surface area contributed by atoms with Gasteiger partial charge in [-0.15, -0.1) is 0 Å². The third-order valence-corrected chi connectivity index (χ3v) is 6.54. The average Bonchev–Trinajstić information content (AvgIpc) is 3.43. The number of fused-ring (bicyclic) bond motifs is 4. The number of aromatic nitrogens is 1. The van der Waals surface area contributed by atoms with Crippen molar-refractivity contribution >= 4 is 40.2 Å². The summed E-state index contributed by atoms with van der Waals surface area (Å²) in [6.45, 7) is 0.667. The average molecular weight is 481 g/mol. The second-order valence-electron chi connectivity index (χ2n) is 7.99. The van der Waals surface area contributed by atoms with Gasteiger partial charge in [-0.3, -0.25) is 4.90 Å². The van der Waals surface area contributed by atoms with Crippen molar-refractivity contribution in [3.05, 3.63) is 87.5 Å². The molecular formula is C25H18Cl2N2O4. The molecule has 0 radical (unpaired) electrons. The molecule has 4 aromatic rings. The molecule has 6 nitrogen and oxygen atoms in total. The van der Waals surface area contributed by atoms with Crippen LogP contribution in [0.3, 0.4) is 0 Å². The number of hydrogen-bond acceptors (Lipinski definition) is 4.